The van der Waals surface area contributed by atoms with E-state index in [1.54, 1.807) is 0 Å². The van der Waals surface area contributed by atoms with Crippen LogP contribution in [-0.2, 0) is 14.3 Å². The summed E-state index contributed by atoms with van der Waals surface area (Å²) in [6, 6.07) is 0.133. The summed E-state index contributed by atoms with van der Waals surface area (Å²) in [5, 5.41) is 5.51. The number of hydrogen-bond acceptors (Lipinski definition) is 4. The van der Waals surface area contributed by atoms with E-state index in [0.717, 1.165) is 6.08 Å². The number of esters is 1. The third-order valence-corrected chi connectivity index (χ3v) is 1.68. The number of piperazine rings is 1. The van der Waals surface area contributed by atoms with Crippen molar-refractivity contribution >= 4 is 11.9 Å². The molecule has 0 aliphatic carbocycles. The van der Waals surface area contributed by atoms with Crippen LogP contribution in [0, 0.1) is 0 Å². The molecular formula is C8H12N2O3. The number of ether oxygens (including phenoxy) is 1. The first kappa shape index (κ1) is 9.57. The number of methoxy groups -OCH3 is 1. The lowest BCUT2D eigenvalue weighted by atomic mass is 10.2. The molecule has 0 radical (unpaired) electrons. The maximum Gasteiger partial charge on any atom is 0.332 e. The van der Waals surface area contributed by atoms with Gasteiger partial charge in [-0.2, -0.15) is 0 Å². The topological polar surface area (TPSA) is 67.4 Å². The Labute approximate surface area is 76.1 Å². The van der Waals surface area contributed by atoms with Crippen LogP contribution in [0.5, 0.6) is 0 Å². The van der Waals surface area contributed by atoms with Crippen molar-refractivity contribution in [2.24, 2.45) is 0 Å². The van der Waals surface area contributed by atoms with Crippen molar-refractivity contribution in [3.63, 3.8) is 0 Å². The third kappa shape index (κ3) is 2.47. The second-order valence-electron chi connectivity index (χ2n) is 2.84. The molecule has 0 bridgehead atoms. The number of carbonyl (C=O) groups excluding carboxylic acids is 2. The molecule has 1 saturated heterocycles. The number of nitrogens with one attached hydrogen (secondary N) is 2. The number of rotatable bonds is 1. The standard InChI is InChI=1S/C8H12N2O3/c1-5-4-9-8(12)6(10-5)3-7(11)13-2/h3,5,10H,4H2,1-2H3,(H,9,12). The predicted molar refractivity (Wildman–Crippen MR) is 45.7 cm³/mol. The van der Waals surface area contributed by atoms with Crippen molar-refractivity contribution in [3.8, 4) is 0 Å². The summed E-state index contributed by atoms with van der Waals surface area (Å²) in [4.78, 5) is 22.0. The molecule has 1 atom stereocenters. The van der Waals surface area contributed by atoms with Crippen LogP contribution < -0.4 is 10.6 Å². The maximum atomic E-state index is 11.1. The van der Waals surface area contributed by atoms with Crippen molar-refractivity contribution < 1.29 is 14.3 Å². The lowest BCUT2D eigenvalue weighted by Gasteiger charge is -2.23. The van der Waals surface area contributed by atoms with Crippen LogP contribution >= 0.6 is 0 Å². The SMILES string of the molecule is COC(=O)C=C1NC(C)CNC1=O. The van der Waals surface area contributed by atoms with Crippen LogP contribution in [0.1, 0.15) is 6.92 Å². The Bertz CT molecular complexity index is 260. The summed E-state index contributed by atoms with van der Waals surface area (Å²) in [7, 11) is 1.27. The van der Waals surface area contributed by atoms with Gasteiger partial charge in [0.25, 0.3) is 5.91 Å². The zero-order valence-electron chi connectivity index (χ0n) is 7.59. The molecule has 5 heteroatoms. The van der Waals surface area contributed by atoms with Gasteiger partial charge >= 0.3 is 5.97 Å². The Morgan fingerprint density at radius 3 is 3.00 bits per heavy atom. The van der Waals surface area contributed by atoms with Crippen molar-refractivity contribution in [1.29, 1.82) is 0 Å². The van der Waals surface area contributed by atoms with Crippen molar-refractivity contribution in [2.45, 2.75) is 13.0 Å². The lowest BCUT2D eigenvalue weighted by molar-refractivity contribution is -0.135. The maximum absolute atomic E-state index is 11.1. The molecule has 0 spiro atoms. The van der Waals surface area contributed by atoms with Gasteiger partial charge in [0.15, 0.2) is 0 Å². The largest absolute Gasteiger partial charge is 0.466 e. The molecule has 2 N–H and O–H groups in total. The Hall–Kier alpha value is -1.52. The van der Waals surface area contributed by atoms with Crippen LogP contribution in [-0.4, -0.2) is 31.6 Å². The van der Waals surface area contributed by atoms with Crippen LogP contribution in [0.4, 0.5) is 0 Å². The Morgan fingerprint density at radius 1 is 1.69 bits per heavy atom. The number of carbonyl (C=O) groups is 2. The molecule has 1 unspecified atom stereocenters. The number of amides is 1. The van der Waals surface area contributed by atoms with Gasteiger partial charge in [0.05, 0.1) is 13.2 Å². The molecule has 1 aliphatic rings. The molecular weight excluding hydrogens is 172 g/mol. The molecule has 72 valence electrons. The van der Waals surface area contributed by atoms with E-state index in [-0.39, 0.29) is 17.6 Å². The van der Waals surface area contributed by atoms with E-state index in [0.29, 0.717) is 6.54 Å². The van der Waals surface area contributed by atoms with E-state index in [9.17, 15) is 9.59 Å². The molecule has 13 heavy (non-hydrogen) atoms. The number of hydrogen-bond donors (Lipinski definition) is 2. The van der Waals surface area contributed by atoms with Gasteiger partial charge in [0, 0.05) is 12.6 Å². The molecule has 5 nitrogen and oxygen atoms in total. The molecule has 1 rings (SSSR count). The molecule has 1 heterocycles. The van der Waals surface area contributed by atoms with E-state index in [1.165, 1.54) is 7.11 Å². The first-order valence-corrected chi connectivity index (χ1v) is 3.98. The summed E-state index contributed by atoms with van der Waals surface area (Å²) in [6.45, 7) is 2.47. The fourth-order valence-corrected chi connectivity index (χ4v) is 1.01. The molecule has 1 aliphatic heterocycles. The van der Waals surface area contributed by atoms with Gasteiger partial charge in [-0.25, -0.2) is 4.79 Å². The summed E-state index contributed by atoms with van der Waals surface area (Å²) in [5.41, 5.74) is 0.255. The summed E-state index contributed by atoms with van der Waals surface area (Å²) in [5.74, 6) is -0.810. The third-order valence-electron chi connectivity index (χ3n) is 1.68. The quantitative estimate of drug-likeness (QED) is 0.411. The zero-order chi connectivity index (χ0) is 9.84. The minimum atomic E-state index is -0.535. The highest BCUT2D eigenvalue weighted by Crippen LogP contribution is 1.99. The second kappa shape index (κ2) is 3.93. The molecule has 0 aromatic carbocycles. The summed E-state index contributed by atoms with van der Waals surface area (Å²) >= 11 is 0. The normalized spacial score (nSPS) is 24.9. The highest BCUT2D eigenvalue weighted by Gasteiger charge is 2.19. The van der Waals surface area contributed by atoms with E-state index in [2.05, 4.69) is 15.4 Å². The van der Waals surface area contributed by atoms with Gasteiger partial charge in [-0.05, 0) is 6.92 Å². The predicted octanol–water partition coefficient (Wildman–Crippen LogP) is -0.849. The van der Waals surface area contributed by atoms with Crippen LogP contribution in [0.15, 0.2) is 11.8 Å². The van der Waals surface area contributed by atoms with Gasteiger partial charge in [0.2, 0.25) is 0 Å². The lowest BCUT2D eigenvalue weighted by Crippen LogP contribution is -2.48. The van der Waals surface area contributed by atoms with E-state index >= 15 is 0 Å². The van der Waals surface area contributed by atoms with Gasteiger partial charge in [-0.3, -0.25) is 4.79 Å². The average molecular weight is 184 g/mol. The first-order chi connectivity index (χ1) is 6.13. The van der Waals surface area contributed by atoms with Crippen molar-refractivity contribution in [2.75, 3.05) is 13.7 Å². The van der Waals surface area contributed by atoms with Gasteiger partial charge in [0.1, 0.15) is 5.70 Å². The van der Waals surface area contributed by atoms with Crippen LogP contribution in [0.2, 0.25) is 0 Å². The summed E-state index contributed by atoms with van der Waals surface area (Å²) in [6.07, 6.45) is 1.14. The molecule has 1 amide bonds. The van der Waals surface area contributed by atoms with Crippen molar-refractivity contribution in [3.05, 3.63) is 11.8 Å². The van der Waals surface area contributed by atoms with Gasteiger partial charge < -0.3 is 15.4 Å². The fourth-order valence-electron chi connectivity index (χ4n) is 1.01. The smallest absolute Gasteiger partial charge is 0.332 e. The molecule has 0 aromatic heterocycles. The molecule has 0 aromatic rings. The minimum absolute atomic E-state index is 0.133. The summed E-state index contributed by atoms with van der Waals surface area (Å²) < 4.78 is 4.40. The minimum Gasteiger partial charge on any atom is -0.466 e. The highest BCUT2D eigenvalue weighted by molar-refractivity contribution is 5.99. The van der Waals surface area contributed by atoms with Crippen LogP contribution in [0.25, 0.3) is 0 Å². The van der Waals surface area contributed by atoms with Gasteiger partial charge in [-0.1, -0.05) is 0 Å². The molecule has 1 fully saturated rings. The van der Waals surface area contributed by atoms with E-state index in [4.69, 9.17) is 0 Å². The van der Waals surface area contributed by atoms with E-state index in [1.807, 2.05) is 6.92 Å². The Kier molecular flexibility index (Phi) is 2.89. The monoisotopic (exact) mass is 184 g/mol. The second-order valence-corrected chi connectivity index (χ2v) is 2.84. The first-order valence-electron chi connectivity index (χ1n) is 3.98. The zero-order valence-corrected chi connectivity index (χ0v) is 7.59. The highest BCUT2D eigenvalue weighted by atomic mass is 16.5. The van der Waals surface area contributed by atoms with Crippen LogP contribution in [0.3, 0.4) is 0 Å². The Balaban J connectivity index is 2.70. The Morgan fingerprint density at radius 2 is 2.38 bits per heavy atom. The average Bonchev–Trinajstić information content (AvgIpc) is 2.11. The van der Waals surface area contributed by atoms with E-state index < -0.39 is 5.97 Å². The van der Waals surface area contributed by atoms with Gasteiger partial charge in [-0.15, -0.1) is 0 Å². The fraction of sp³-hybridized carbons (Fsp3) is 0.500. The van der Waals surface area contributed by atoms with Crippen molar-refractivity contribution in [1.82, 2.24) is 10.6 Å². The molecule has 0 saturated carbocycles.